The van der Waals surface area contributed by atoms with E-state index >= 15 is 0 Å². The molecule has 3 nitrogen and oxygen atoms in total. The molecule has 1 atom stereocenters. The molecule has 1 aliphatic heterocycles. The maximum Gasteiger partial charge on any atom is 0.419 e. The molecule has 2 rings (SSSR count). The molecule has 1 amide bonds. The SMILES string of the molecule is CC(C)(C[C@@]1(C(F)(F)F)CO1)c1ccccc1C(N)=O. The minimum Gasteiger partial charge on any atom is -0.366 e. The fourth-order valence-corrected chi connectivity index (χ4v) is 2.55. The Bertz CT molecular complexity index is 533. The van der Waals surface area contributed by atoms with Crippen LogP contribution >= 0.6 is 0 Å². The summed E-state index contributed by atoms with van der Waals surface area (Å²) in [4.78, 5) is 11.4. The molecule has 0 spiro atoms. The van der Waals surface area contributed by atoms with Gasteiger partial charge in [0.25, 0.3) is 0 Å². The zero-order valence-electron chi connectivity index (χ0n) is 11.3. The Morgan fingerprint density at radius 3 is 2.35 bits per heavy atom. The van der Waals surface area contributed by atoms with Crippen LogP contribution in [-0.4, -0.2) is 24.3 Å². The van der Waals surface area contributed by atoms with Crippen molar-refractivity contribution >= 4 is 5.91 Å². The Balaban J connectivity index is 2.35. The number of hydrogen-bond acceptors (Lipinski definition) is 2. The number of rotatable bonds is 4. The molecule has 1 aromatic rings. The summed E-state index contributed by atoms with van der Waals surface area (Å²) in [6, 6.07) is 6.46. The molecule has 0 bridgehead atoms. The summed E-state index contributed by atoms with van der Waals surface area (Å²) in [6.07, 6.45) is -4.65. The van der Waals surface area contributed by atoms with E-state index in [1.54, 1.807) is 32.0 Å². The molecule has 110 valence electrons. The van der Waals surface area contributed by atoms with E-state index in [1.165, 1.54) is 6.07 Å². The van der Waals surface area contributed by atoms with Gasteiger partial charge in [-0.3, -0.25) is 4.79 Å². The smallest absolute Gasteiger partial charge is 0.366 e. The number of benzene rings is 1. The van der Waals surface area contributed by atoms with Crippen molar-refractivity contribution in [2.24, 2.45) is 5.73 Å². The maximum atomic E-state index is 13.0. The van der Waals surface area contributed by atoms with Gasteiger partial charge in [0.2, 0.25) is 5.91 Å². The second-order valence-corrected chi connectivity index (χ2v) is 5.75. The van der Waals surface area contributed by atoms with Gasteiger partial charge in [0.15, 0.2) is 5.60 Å². The fourth-order valence-electron chi connectivity index (χ4n) is 2.55. The van der Waals surface area contributed by atoms with Gasteiger partial charge < -0.3 is 10.5 Å². The van der Waals surface area contributed by atoms with Gasteiger partial charge in [0.05, 0.1) is 6.61 Å². The van der Waals surface area contributed by atoms with Crippen LogP contribution in [0, 0.1) is 0 Å². The van der Waals surface area contributed by atoms with E-state index in [0.29, 0.717) is 5.56 Å². The lowest BCUT2D eigenvalue weighted by atomic mass is 9.75. The van der Waals surface area contributed by atoms with Crippen molar-refractivity contribution in [3.8, 4) is 0 Å². The third kappa shape index (κ3) is 2.52. The van der Waals surface area contributed by atoms with Crippen LogP contribution in [0.4, 0.5) is 13.2 Å². The Hall–Kier alpha value is -1.56. The van der Waals surface area contributed by atoms with Crippen LogP contribution in [0.15, 0.2) is 24.3 Å². The predicted molar refractivity (Wildman–Crippen MR) is 67.3 cm³/mol. The van der Waals surface area contributed by atoms with Gasteiger partial charge in [-0.1, -0.05) is 32.0 Å². The van der Waals surface area contributed by atoms with E-state index < -0.39 is 23.1 Å². The molecule has 0 unspecified atom stereocenters. The molecule has 0 saturated carbocycles. The number of alkyl halides is 3. The van der Waals surface area contributed by atoms with Gasteiger partial charge in [-0.25, -0.2) is 0 Å². The van der Waals surface area contributed by atoms with Crippen LogP contribution in [0.5, 0.6) is 0 Å². The highest BCUT2D eigenvalue weighted by molar-refractivity contribution is 5.94. The Morgan fingerprint density at radius 2 is 1.90 bits per heavy atom. The molecular formula is C14H16F3NO2. The molecule has 1 aliphatic rings. The Labute approximate surface area is 114 Å². The number of amides is 1. The number of nitrogens with two attached hydrogens (primary N) is 1. The molecule has 0 radical (unpaired) electrons. The highest BCUT2D eigenvalue weighted by Gasteiger charge is 2.67. The second kappa shape index (κ2) is 4.48. The average Bonchev–Trinajstić information content (AvgIpc) is 3.08. The monoisotopic (exact) mass is 287 g/mol. The highest BCUT2D eigenvalue weighted by Crippen LogP contribution is 2.51. The van der Waals surface area contributed by atoms with Gasteiger partial charge in [-0.15, -0.1) is 0 Å². The molecule has 0 aliphatic carbocycles. The second-order valence-electron chi connectivity index (χ2n) is 5.75. The number of ether oxygens (including phenoxy) is 1. The van der Waals surface area contributed by atoms with E-state index in [-0.39, 0.29) is 18.6 Å². The summed E-state index contributed by atoms with van der Waals surface area (Å²) in [6.45, 7) is 2.98. The average molecular weight is 287 g/mol. The van der Waals surface area contributed by atoms with Crippen molar-refractivity contribution in [1.29, 1.82) is 0 Å². The number of epoxide rings is 1. The van der Waals surface area contributed by atoms with Gasteiger partial charge in [-0.2, -0.15) is 13.2 Å². The molecular weight excluding hydrogens is 271 g/mol. The molecule has 6 heteroatoms. The molecule has 1 heterocycles. The summed E-state index contributed by atoms with van der Waals surface area (Å²) >= 11 is 0. The minimum atomic E-state index is -4.41. The topological polar surface area (TPSA) is 55.6 Å². The standard InChI is InChI=1S/C14H16F3NO2/c1-12(2,7-13(8-20-13)14(15,16)17)10-6-4-3-5-9(10)11(18)19/h3-6H,7-8H2,1-2H3,(H2,18,19)/t13-/m0/s1. The van der Waals surface area contributed by atoms with Crippen LogP contribution in [0.3, 0.4) is 0 Å². The molecule has 1 fully saturated rings. The summed E-state index contributed by atoms with van der Waals surface area (Å²) < 4.78 is 43.6. The summed E-state index contributed by atoms with van der Waals surface area (Å²) in [5.41, 5.74) is 3.06. The summed E-state index contributed by atoms with van der Waals surface area (Å²) in [5.74, 6) is -0.647. The fraction of sp³-hybridized carbons (Fsp3) is 0.500. The number of carbonyl (C=O) groups excluding carboxylic acids is 1. The van der Waals surface area contributed by atoms with Crippen LogP contribution in [0.1, 0.15) is 36.2 Å². The van der Waals surface area contributed by atoms with Crippen molar-refractivity contribution in [3.63, 3.8) is 0 Å². The number of carbonyl (C=O) groups is 1. The number of hydrogen-bond donors (Lipinski definition) is 1. The minimum absolute atomic E-state index is 0.242. The van der Waals surface area contributed by atoms with Crippen LogP contribution in [-0.2, 0) is 10.2 Å². The Morgan fingerprint density at radius 1 is 1.35 bits per heavy atom. The van der Waals surface area contributed by atoms with Crippen molar-refractivity contribution in [1.82, 2.24) is 0 Å². The zero-order valence-corrected chi connectivity index (χ0v) is 11.3. The van der Waals surface area contributed by atoms with Gasteiger partial charge >= 0.3 is 6.18 Å². The summed E-state index contributed by atoms with van der Waals surface area (Å²) in [5, 5.41) is 0. The van der Waals surface area contributed by atoms with Gasteiger partial charge in [0.1, 0.15) is 0 Å². The van der Waals surface area contributed by atoms with E-state index in [1.807, 2.05) is 0 Å². The first kappa shape index (κ1) is 14.8. The lowest BCUT2D eigenvalue weighted by molar-refractivity contribution is -0.188. The van der Waals surface area contributed by atoms with E-state index in [0.717, 1.165) is 0 Å². The number of halogens is 3. The first-order valence-electron chi connectivity index (χ1n) is 6.19. The molecule has 2 N–H and O–H groups in total. The largest absolute Gasteiger partial charge is 0.419 e. The summed E-state index contributed by atoms with van der Waals surface area (Å²) in [7, 11) is 0. The van der Waals surface area contributed by atoms with E-state index in [2.05, 4.69) is 4.74 Å². The molecule has 20 heavy (non-hydrogen) atoms. The molecule has 0 aromatic heterocycles. The number of primary amides is 1. The van der Waals surface area contributed by atoms with Crippen LogP contribution < -0.4 is 5.73 Å². The van der Waals surface area contributed by atoms with Crippen molar-refractivity contribution in [3.05, 3.63) is 35.4 Å². The lowest BCUT2D eigenvalue weighted by Crippen LogP contribution is -2.39. The third-order valence-corrected chi connectivity index (χ3v) is 3.66. The highest BCUT2D eigenvalue weighted by atomic mass is 19.4. The van der Waals surface area contributed by atoms with Gasteiger partial charge in [0, 0.05) is 5.56 Å². The maximum absolute atomic E-state index is 13.0. The van der Waals surface area contributed by atoms with Crippen molar-refractivity contribution in [2.45, 2.75) is 37.5 Å². The normalized spacial score (nSPS) is 22.6. The third-order valence-electron chi connectivity index (χ3n) is 3.66. The van der Waals surface area contributed by atoms with E-state index in [4.69, 9.17) is 5.73 Å². The first-order valence-corrected chi connectivity index (χ1v) is 6.19. The molecule has 1 aromatic carbocycles. The first-order chi connectivity index (χ1) is 9.09. The van der Waals surface area contributed by atoms with Crippen LogP contribution in [0.25, 0.3) is 0 Å². The van der Waals surface area contributed by atoms with Crippen molar-refractivity contribution in [2.75, 3.05) is 6.61 Å². The molecule has 1 saturated heterocycles. The van der Waals surface area contributed by atoms with Crippen molar-refractivity contribution < 1.29 is 22.7 Å². The predicted octanol–water partition coefficient (Wildman–Crippen LogP) is 2.78. The Kier molecular flexibility index (Phi) is 3.32. The lowest BCUT2D eigenvalue weighted by Gasteiger charge is -2.31. The quantitative estimate of drug-likeness (QED) is 0.866. The van der Waals surface area contributed by atoms with Crippen LogP contribution in [0.2, 0.25) is 0 Å². The van der Waals surface area contributed by atoms with Gasteiger partial charge in [-0.05, 0) is 23.5 Å². The zero-order chi connectivity index (χ0) is 15.2. The van der Waals surface area contributed by atoms with E-state index in [9.17, 15) is 18.0 Å².